The number of rotatable bonds is 1. The van der Waals surface area contributed by atoms with Gasteiger partial charge in [0.2, 0.25) is 0 Å². The molecule has 1 aliphatic heterocycles. The zero-order valence-electron chi connectivity index (χ0n) is 6.88. The van der Waals surface area contributed by atoms with Crippen LogP contribution in [0.1, 0.15) is 12.8 Å². The lowest BCUT2D eigenvalue weighted by molar-refractivity contribution is 0.0880. The topological polar surface area (TPSA) is 47.3 Å². The van der Waals surface area contributed by atoms with E-state index in [9.17, 15) is 0 Å². The summed E-state index contributed by atoms with van der Waals surface area (Å²) in [4.78, 5) is 2.10. The average molecular weight is 154 g/mol. The first-order valence-corrected chi connectivity index (χ1v) is 3.93. The molecule has 0 unspecified atom stereocenters. The van der Waals surface area contributed by atoms with E-state index in [1.165, 1.54) is 0 Å². The maximum Gasteiger partial charge on any atom is 0.0930 e. The first kappa shape index (κ1) is 8.51. The molecule has 0 saturated carbocycles. The van der Waals surface area contributed by atoms with Gasteiger partial charge in [-0.05, 0) is 26.4 Å². The van der Waals surface area contributed by atoms with E-state index in [0.29, 0.717) is 6.54 Å². The molecule has 0 aromatic carbocycles. The van der Waals surface area contributed by atoms with Gasteiger partial charge >= 0.3 is 0 Å². The van der Waals surface area contributed by atoms with Gasteiger partial charge in [-0.1, -0.05) is 0 Å². The molecule has 1 heterocycles. The monoisotopic (exact) mass is 154 g/mol. The molecule has 0 amide bonds. The van der Waals surface area contributed by atoms with Crippen molar-refractivity contribution in [3.8, 4) is 6.07 Å². The number of nitriles is 1. The van der Waals surface area contributed by atoms with Gasteiger partial charge in [-0.2, -0.15) is 5.26 Å². The second kappa shape index (κ2) is 3.21. The number of aliphatic hydroxyl groups excluding tert-OH is 1. The van der Waals surface area contributed by atoms with Crippen LogP contribution in [0.2, 0.25) is 0 Å². The Hall–Kier alpha value is -0.590. The van der Waals surface area contributed by atoms with Crippen LogP contribution in [0.25, 0.3) is 0 Å². The molecule has 0 bridgehead atoms. The molecule has 3 heteroatoms. The van der Waals surface area contributed by atoms with Gasteiger partial charge in [0, 0.05) is 6.54 Å². The van der Waals surface area contributed by atoms with Gasteiger partial charge < -0.3 is 10.0 Å². The summed E-state index contributed by atoms with van der Waals surface area (Å²) in [6.07, 6.45) is 1.86. The Balaban J connectivity index is 2.62. The molecular weight excluding hydrogens is 140 g/mol. The number of hydrogen-bond acceptors (Lipinski definition) is 3. The maximum atomic E-state index is 9.01. The molecule has 1 saturated heterocycles. The molecule has 1 fully saturated rings. The Morgan fingerprint density at radius 3 is 2.82 bits per heavy atom. The van der Waals surface area contributed by atoms with Crippen molar-refractivity contribution in [2.75, 3.05) is 26.7 Å². The van der Waals surface area contributed by atoms with E-state index in [-0.39, 0.29) is 6.61 Å². The highest BCUT2D eigenvalue weighted by Gasteiger charge is 2.33. The summed E-state index contributed by atoms with van der Waals surface area (Å²) in [5.74, 6) is 0. The first-order valence-electron chi connectivity index (χ1n) is 3.93. The minimum atomic E-state index is -0.479. The van der Waals surface area contributed by atoms with Gasteiger partial charge in [0.05, 0.1) is 18.1 Å². The molecule has 62 valence electrons. The summed E-state index contributed by atoms with van der Waals surface area (Å²) in [6, 6.07) is 2.21. The predicted octanol–water partition coefficient (Wildman–Crippen LogP) is 0.214. The first-order chi connectivity index (χ1) is 5.22. The Kier molecular flexibility index (Phi) is 2.48. The molecule has 1 atom stereocenters. The molecule has 0 radical (unpaired) electrons. The van der Waals surface area contributed by atoms with E-state index in [1.54, 1.807) is 0 Å². The molecule has 1 N–H and O–H groups in total. The molecule has 1 rings (SSSR count). The third-order valence-corrected chi connectivity index (χ3v) is 2.31. The third-order valence-electron chi connectivity index (χ3n) is 2.31. The molecular formula is C8H14N2O. The van der Waals surface area contributed by atoms with Gasteiger partial charge in [0.15, 0.2) is 0 Å². The minimum absolute atomic E-state index is 0.00611. The van der Waals surface area contributed by atoms with Crippen molar-refractivity contribution in [3.63, 3.8) is 0 Å². The standard InChI is InChI=1S/C8H14N2O/c1-10-4-2-3-8(5-9,6-10)7-11/h11H,2-4,6-7H2,1H3/t8-/m0/s1. The van der Waals surface area contributed by atoms with Crippen LogP contribution < -0.4 is 0 Å². The van der Waals surface area contributed by atoms with Gasteiger partial charge in [-0.25, -0.2) is 0 Å². The van der Waals surface area contributed by atoms with Crippen LogP contribution in [0, 0.1) is 16.7 Å². The van der Waals surface area contributed by atoms with Crippen LogP contribution in [-0.4, -0.2) is 36.8 Å². The van der Waals surface area contributed by atoms with E-state index in [4.69, 9.17) is 10.4 Å². The number of nitrogens with zero attached hydrogens (tertiary/aromatic N) is 2. The normalized spacial score (nSPS) is 33.2. The quantitative estimate of drug-likeness (QED) is 0.587. The van der Waals surface area contributed by atoms with E-state index >= 15 is 0 Å². The maximum absolute atomic E-state index is 9.01. The van der Waals surface area contributed by atoms with Crippen LogP contribution in [0.15, 0.2) is 0 Å². The summed E-state index contributed by atoms with van der Waals surface area (Å²) in [5.41, 5.74) is -0.479. The summed E-state index contributed by atoms with van der Waals surface area (Å²) in [7, 11) is 1.99. The second-order valence-electron chi connectivity index (χ2n) is 3.39. The van der Waals surface area contributed by atoms with Crippen molar-refractivity contribution in [2.45, 2.75) is 12.8 Å². The summed E-state index contributed by atoms with van der Waals surface area (Å²) in [6.45, 7) is 1.75. The van der Waals surface area contributed by atoms with Crippen molar-refractivity contribution in [1.29, 1.82) is 5.26 Å². The summed E-state index contributed by atoms with van der Waals surface area (Å²) >= 11 is 0. The largest absolute Gasteiger partial charge is 0.395 e. The van der Waals surface area contributed by atoms with Crippen LogP contribution in [0.4, 0.5) is 0 Å². The molecule has 0 aromatic rings. The van der Waals surface area contributed by atoms with E-state index in [1.807, 2.05) is 7.05 Å². The lowest BCUT2D eigenvalue weighted by atomic mass is 9.82. The Morgan fingerprint density at radius 1 is 1.73 bits per heavy atom. The molecule has 0 aromatic heterocycles. The van der Waals surface area contributed by atoms with Gasteiger partial charge in [-0.3, -0.25) is 0 Å². The summed E-state index contributed by atoms with van der Waals surface area (Å²) < 4.78 is 0. The highest BCUT2D eigenvalue weighted by molar-refractivity contribution is 5.02. The predicted molar refractivity (Wildman–Crippen MR) is 41.9 cm³/mol. The zero-order valence-corrected chi connectivity index (χ0v) is 6.88. The van der Waals surface area contributed by atoms with Crippen LogP contribution >= 0.6 is 0 Å². The van der Waals surface area contributed by atoms with Gasteiger partial charge in [-0.15, -0.1) is 0 Å². The SMILES string of the molecule is CN1CCC[C@@](C#N)(CO)C1. The van der Waals surface area contributed by atoms with Gasteiger partial charge in [0.1, 0.15) is 0 Å². The number of likely N-dealkylation sites (tertiary alicyclic amines) is 1. The van der Waals surface area contributed by atoms with Crippen molar-refractivity contribution in [2.24, 2.45) is 5.41 Å². The fourth-order valence-corrected chi connectivity index (χ4v) is 1.62. The van der Waals surface area contributed by atoms with Crippen molar-refractivity contribution < 1.29 is 5.11 Å². The zero-order chi connectivity index (χ0) is 8.32. The Morgan fingerprint density at radius 2 is 2.45 bits per heavy atom. The van der Waals surface area contributed by atoms with E-state index in [0.717, 1.165) is 19.4 Å². The Bertz CT molecular complexity index is 175. The van der Waals surface area contributed by atoms with Crippen LogP contribution in [-0.2, 0) is 0 Å². The van der Waals surface area contributed by atoms with Crippen molar-refractivity contribution >= 4 is 0 Å². The molecule has 0 aliphatic carbocycles. The highest BCUT2D eigenvalue weighted by atomic mass is 16.3. The molecule has 0 spiro atoms. The minimum Gasteiger partial charge on any atom is -0.395 e. The van der Waals surface area contributed by atoms with Crippen molar-refractivity contribution in [1.82, 2.24) is 4.90 Å². The molecule has 11 heavy (non-hydrogen) atoms. The van der Waals surface area contributed by atoms with E-state index in [2.05, 4.69) is 11.0 Å². The average Bonchev–Trinajstić information content (AvgIpc) is 2.04. The second-order valence-corrected chi connectivity index (χ2v) is 3.39. The van der Waals surface area contributed by atoms with Crippen LogP contribution in [0.5, 0.6) is 0 Å². The fraction of sp³-hybridized carbons (Fsp3) is 0.875. The lowest BCUT2D eigenvalue weighted by Crippen LogP contribution is -2.42. The van der Waals surface area contributed by atoms with Crippen molar-refractivity contribution in [3.05, 3.63) is 0 Å². The number of piperidine rings is 1. The van der Waals surface area contributed by atoms with Gasteiger partial charge in [0.25, 0.3) is 0 Å². The lowest BCUT2D eigenvalue weighted by Gasteiger charge is -2.34. The molecule has 3 nitrogen and oxygen atoms in total. The van der Waals surface area contributed by atoms with E-state index < -0.39 is 5.41 Å². The third kappa shape index (κ3) is 1.70. The Labute approximate surface area is 67.2 Å². The fourth-order valence-electron chi connectivity index (χ4n) is 1.62. The summed E-state index contributed by atoms with van der Waals surface area (Å²) in [5, 5.41) is 17.8. The smallest absolute Gasteiger partial charge is 0.0930 e. The highest BCUT2D eigenvalue weighted by Crippen LogP contribution is 2.27. The molecule has 1 aliphatic rings. The number of hydrogen-bond donors (Lipinski definition) is 1. The number of aliphatic hydroxyl groups is 1. The van der Waals surface area contributed by atoms with Crippen LogP contribution in [0.3, 0.4) is 0 Å².